The number of nitrogens with one attached hydrogen (secondary N) is 2. The fraction of sp³-hybridized carbons (Fsp3) is 0.211. The van der Waals surface area contributed by atoms with Gasteiger partial charge in [-0.25, -0.2) is 9.18 Å². The number of ether oxygens (including phenoxy) is 1. The summed E-state index contributed by atoms with van der Waals surface area (Å²) >= 11 is 0. The number of halogens is 1. The Morgan fingerprint density at radius 3 is 2.93 bits per heavy atom. The van der Waals surface area contributed by atoms with E-state index in [1.807, 2.05) is 19.1 Å². The molecule has 0 unspecified atom stereocenters. The summed E-state index contributed by atoms with van der Waals surface area (Å²) in [6, 6.07) is 9.31. The topological polar surface area (TPSA) is 110 Å². The lowest BCUT2D eigenvalue weighted by molar-refractivity contribution is 0.195. The summed E-state index contributed by atoms with van der Waals surface area (Å²) in [5.41, 5.74) is 3.26. The zero-order chi connectivity index (χ0) is 19.9. The van der Waals surface area contributed by atoms with Gasteiger partial charge >= 0.3 is 6.09 Å². The van der Waals surface area contributed by atoms with Crippen molar-refractivity contribution >= 4 is 23.2 Å². The van der Waals surface area contributed by atoms with E-state index in [9.17, 15) is 9.18 Å². The number of anilines is 1. The number of rotatable bonds is 8. The number of carbonyl (C=O) groups is 1. The van der Waals surface area contributed by atoms with Gasteiger partial charge in [-0.1, -0.05) is 6.07 Å². The third kappa shape index (κ3) is 5.19. The molecule has 0 saturated carbocycles. The Bertz CT molecular complexity index is 985. The quantitative estimate of drug-likeness (QED) is 0.542. The Balaban J connectivity index is 1.60. The number of hydrogen-bond acceptors (Lipinski definition) is 6. The second kappa shape index (κ2) is 8.85. The normalized spacial score (nSPS) is 11.4. The number of nitrogens with zero attached hydrogens (tertiary/aromatic N) is 2. The first kappa shape index (κ1) is 19.2. The second-order valence-corrected chi connectivity index (χ2v) is 6.02. The lowest BCUT2D eigenvalue weighted by Crippen LogP contribution is -2.25. The lowest BCUT2D eigenvalue weighted by atomic mass is 10.2. The van der Waals surface area contributed by atoms with Crippen LogP contribution >= 0.6 is 0 Å². The SMILES string of the molecule is Cc1ccc(CNc2nc3ccc(OCC(=CF)CNC(=O)O)cc3o2)cn1. The molecule has 8 nitrogen and oxygen atoms in total. The van der Waals surface area contributed by atoms with E-state index in [-0.39, 0.29) is 18.7 Å². The highest BCUT2D eigenvalue weighted by atomic mass is 19.1. The number of oxazole rings is 1. The van der Waals surface area contributed by atoms with Gasteiger partial charge in [0.05, 0.1) is 6.33 Å². The first-order valence-electron chi connectivity index (χ1n) is 8.47. The number of fused-ring (bicyclic) bond motifs is 1. The number of pyridine rings is 1. The van der Waals surface area contributed by atoms with Gasteiger partial charge in [-0.3, -0.25) is 4.98 Å². The van der Waals surface area contributed by atoms with E-state index in [1.165, 1.54) is 0 Å². The average molecular weight is 386 g/mol. The van der Waals surface area contributed by atoms with Crippen molar-refractivity contribution in [1.82, 2.24) is 15.3 Å². The van der Waals surface area contributed by atoms with Crippen LogP contribution in [0.2, 0.25) is 0 Å². The standard InChI is InChI=1S/C19H19FN4O4/c1-12-2-3-13(8-21-12)9-22-18-24-16-5-4-15(6-17(16)28-18)27-11-14(7-20)10-23-19(25)26/h2-8,23H,9-11H2,1H3,(H,22,24)(H,25,26). The molecule has 146 valence electrons. The molecule has 1 aromatic carbocycles. The summed E-state index contributed by atoms with van der Waals surface area (Å²) in [5, 5.41) is 13.7. The summed E-state index contributed by atoms with van der Waals surface area (Å²) in [6.45, 7) is 2.19. The minimum atomic E-state index is -1.23. The molecule has 9 heteroatoms. The molecule has 3 rings (SSSR count). The van der Waals surface area contributed by atoms with Crippen molar-refractivity contribution in [3.05, 3.63) is 59.7 Å². The van der Waals surface area contributed by atoms with Gasteiger partial charge in [-0.15, -0.1) is 0 Å². The minimum absolute atomic E-state index is 0.0953. The molecule has 0 fully saturated rings. The van der Waals surface area contributed by atoms with Crippen LogP contribution in [-0.4, -0.2) is 34.3 Å². The number of aryl methyl sites for hydroxylation is 1. The summed E-state index contributed by atoms with van der Waals surface area (Å²) < 4.78 is 24.0. The molecule has 2 heterocycles. The van der Waals surface area contributed by atoms with Crippen LogP contribution in [0.25, 0.3) is 11.1 Å². The van der Waals surface area contributed by atoms with E-state index in [4.69, 9.17) is 14.3 Å². The molecule has 3 aromatic rings. The molecule has 0 aliphatic heterocycles. The fourth-order valence-corrected chi connectivity index (χ4v) is 2.34. The van der Waals surface area contributed by atoms with Crippen LogP contribution in [0.1, 0.15) is 11.3 Å². The molecule has 3 N–H and O–H groups in total. The molecule has 0 radical (unpaired) electrons. The number of aromatic nitrogens is 2. The molecule has 2 aromatic heterocycles. The van der Waals surface area contributed by atoms with E-state index in [0.29, 0.717) is 35.7 Å². The van der Waals surface area contributed by atoms with Crippen molar-refractivity contribution in [2.24, 2.45) is 0 Å². The molecule has 1 amide bonds. The van der Waals surface area contributed by atoms with Crippen LogP contribution in [-0.2, 0) is 6.54 Å². The van der Waals surface area contributed by atoms with Crippen LogP contribution in [0.5, 0.6) is 5.75 Å². The minimum Gasteiger partial charge on any atom is -0.489 e. The maximum absolute atomic E-state index is 12.8. The molecule has 0 spiro atoms. The molecule has 0 atom stereocenters. The van der Waals surface area contributed by atoms with Crippen LogP contribution in [0.15, 0.2) is 52.8 Å². The van der Waals surface area contributed by atoms with Crippen molar-refractivity contribution in [2.75, 3.05) is 18.5 Å². The van der Waals surface area contributed by atoms with Gasteiger partial charge in [0.15, 0.2) is 5.58 Å². The highest BCUT2D eigenvalue weighted by molar-refractivity contribution is 5.76. The van der Waals surface area contributed by atoms with Gasteiger partial charge in [0.2, 0.25) is 0 Å². The number of amides is 1. The van der Waals surface area contributed by atoms with Gasteiger partial charge in [0.25, 0.3) is 6.01 Å². The van der Waals surface area contributed by atoms with E-state index in [2.05, 4.69) is 20.6 Å². The number of carboxylic acid groups (broad SMARTS) is 1. The van der Waals surface area contributed by atoms with Gasteiger partial charge in [-0.05, 0) is 30.7 Å². The summed E-state index contributed by atoms with van der Waals surface area (Å²) in [4.78, 5) is 19.1. The zero-order valence-electron chi connectivity index (χ0n) is 15.1. The largest absolute Gasteiger partial charge is 0.489 e. The Labute approximate surface area is 160 Å². The Morgan fingerprint density at radius 1 is 1.36 bits per heavy atom. The molecule has 0 aliphatic rings. The number of benzene rings is 1. The monoisotopic (exact) mass is 386 g/mol. The molecule has 0 bridgehead atoms. The Kier molecular flexibility index (Phi) is 6.05. The van der Waals surface area contributed by atoms with Crippen molar-refractivity contribution < 1.29 is 23.4 Å². The third-order valence-electron chi connectivity index (χ3n) is 3.82. The third-order valence-corrected chi connectivity index (χ3v) is 3.82. The van der Waals surface area contributed by atoms with E-state index < -0.39 is 6.09 Å². The van der Waals surface area contributed by atoms with Crippen LogP contribution in [0, 0.1) is 6.92 Å². The van der Waals surface area contributed by atoms with Crippen molar-refractivity contribution in [3.8, 4) is 5.75 Å². The van der Waals surface area contributed by atoms with E-state index in [1.54, 1.807) is 24.4 Å². The summed E-state index contributed by atoms with van der Waals surface area (Å²) in [6.07, 6.45) is 0.876. The van der Waals surface area contributed by atoms with Crippen LogP contribution in [0.3, 0.4) is 0 Å². The number of hydrogen-bond donors (Lipinski definition) is 3. The second-order valence-electron chi connectivity index (χ2n) is 6.02. The molecular weight excluding hydrogens is 367 g/mol. The van der Waals surface area contributed by atoms with E-state index >= 15 is 0 Å². The van der Waals surface area contributed by atoms with E-state index in [0.717, 1.165) is 11.3 Å². The fourth-order valence-electron chi connectivity index (χ4n) is 2.34. The maximum Gasteiger partial charge on any atom is 0.404 e. The van der Waals surface area contributed by atoms with Gasteiger partial charge in [-0.2, -0.15) is 4.98 Å². The lowest BCUT2D eigenvalue weighted by Gasteiger charge is -2.08. The summed E-state index contributed by atoms with van der Waals surface area (Å²) in [5.74, 6) is 0.451. The smallest absolute Gasteiger partial charge is 0.404 e. The predicted molar refractivity (Wildman–Crippen MR) is 101 cm³/mol. The first-order chi connectivity index (χ1) is 13.5. The first-order valence-corrected chi connectivity index (χ1v) is 8.47. The van der Waals surface area contributed by atoms with Crippen LogP contribution in [0.4, 0.5) is 15.2 Å². The van der Waals surface area contributed by atoms with Gasteiger partial charge < -0.3 is 24.9 Å². The molecular formula is C19H19FN4O4. The van der Waals surface area contributed by atoms with Gasteiger partial charge in [0, 0.05) is 36.6 Å². The Hall–Kier alpha value is -3.62. The van der Waals surface area contributed by atoms with Gasteiger partial charge in [0.1, 0.15) is 17.9 Å². The van der Waals surface area contributed by atoms with Crippen molar-refractivity contribution in [3.63, 3.8) is 0 Å². The van der Waals surface area contributed by atoms with Crippen molar-refractivity contribution in [1.29, 1.82) is 0 Å². The highest BCUT2D eigenvalue weighted by Crippen LogP contribution is 2.24. The molecule has 0 aliphatic carbocycles. The van der Waals surface area contributed by atoms with Crippen LogP contribution < -0.4 is 15.4 Å². The zero-order valence-corrected chi connectivity index (χ0v) is 15.1. The van der Waals surface area contributed by atoms with Crippen molar-refractivity contribution in [2.45, 2.75) is 13.5 Å². The molecule has 0 saturated heterocycles. The predicted octanol–water partition coefficient (Wildman–Crippen LogP) is 3.64. The molecule has 28 heavy (non-hydrogen) atoms. The summed E-state index contributed by atoms with van der Waals surface area (Å²) in [7, 11) is 0. The average Bonchev–Trinajstić information content (AvgIpc) is 3.09. The maximum atomic E-state index is 12.8. The highest BCUT2D eigenvalue weighted by Gasteiger charge is 2.08. The Morgan fingerprint density at radius 2 is 2.21 bits per heavy atom.